The first-order chi connectivity index (χ1) is 20.5. The predicted octanol–water partition coefficient (Wildman–Crippen LogP) is 3.21. The van der Waals surface area contributed by atoms with Gasteiger partial charge in [0.25, 0.3) is 0 Å². The van der Waals surface area contributed by atoms with Gasteiger partial charge in [-0.2, -0.15) is 11.8 Å². The van der Waals surface area contributed by atoms with Gasteiger partial charge in [-0.1, -0.05) is 50.1 Å². The molecule has 7 N–H and O–H groups in total. The van der Waals surface area contributed by atoms with Gasteiger partial charge in [0, 0.05) is 30.3 Å². The third-order valence-electron chi connectivity index (χ3n) is 6.06. The molecule has 0 heterocycles. The highest BCUT2D eigenvalue weighted by molar-refractivity contribution is 8.00. The van der Waals surface area contributed by atoms with E-state index >= 15 is 0 Å². The predicted molar refractivity (Wildman–Crippen MR) is 166 cm³/mol. The van der Waals surface area contributed by atoms with Crippen LogP contribution in [0.3, 0.4) is 0 Å². The summed E-state index contributed by atoms with van der Waals surface area (Å²) in [6, 6.07) is -2.32. The van der Waals surface area contributed by atoms with E-state index in [0.29, 0.717) is 12.8 Å². The van der Waals surface area contributed by atoms with Crippen molar-refractivity contribution in [2.75, 3.05) is 12.3 Å². The van der Waals surface area contributed by atoms with Gasteiger partial charge < -0.3 is 31.7 Å². The summed E-state index contributed by atoms with van der Waals surface area (Å²) in [6.45, 7) is 1.52. The number of carboxylic acids is 3. The SMILES string of the molecule is CCCCC/C=C\C/C=C\C[C@H](C/C=C\C(=O)CCCC(=O)O)SCC(NC(=O)CCC(N)C(=O)O)C(=O)NCC(=O)O. The number of rotatable bonds is 26. The second-order valence-electron chi connectivity index (χ2n) is 9.93. The van der Waals surface area contributed by atoms with Crippen LogP contribution in [0.1, 0.15) is 84.0 Å². The lowest BCUT2D eigenvalue weighted by Crippen LogP contribution is -2.49. The van der Waals surface area contributed by atoms with Crippen molar-refractivity contribution in [2.24, 2.45) is 5.73 Å². The first-order valence-corrected chi connectivity index (χ1v) is 15.6. The monoisotopic (exact) mass is 625 g/mol. The molecule has 0 aromatic carbocycles. The average Bonchev–Trinajstić information content (AvgIpc) is 2.94. The van der Waals surface area contributed by atoms with Gasteiger partial charge in [-0.3, -0.25) is 28.8 Å². The van der Waals surface area contributed by atoms with Crippen molar-refractivity contribution in [1.82, 2.24) is 10.6 Å². The molecule has 2 amide bonds. The van der Waals surface area contributed by atoms with E-state index in [1.807, 2.05) is 12.2 Å². The molecule has 2 unspecified atom stereocenters. The zero-order valence-electron chi connectivity index (χ0n) is 24.9. The molecular formula is C30H47N3O9S. The van der Waals surface area contributed by atoms with Crippen molar-refractivity contribution in [2.45, 2.75) is 101 Å². The van der Waals surface area contributed by atoms with E-state index in [1.54, 1.807) is 6.08 Å². The quantitative estimate of drug-likeness (QED) is 0.0466. The topological polar surface area (TPSA) is 213 Å². The Kier molecular flexibility index (Phi) is 23.1. The number of amides is 2. The van der Waals surface area contributed by atoms with E-state index in [9.17, 15) is 28.8 Å². The number of carboxylic acid groups (broad SMARTS) is 3. The van der Waals surface area contributed by atoms with Gasteiger partial charge in [-0.15, -0.1) is 0 Å². The maximum absolute atomic E-state index is 12.7. The van der Waals surface area contributed by atoms with Gasteiger partial charge in [0.05, 0.1) is 0 Å². The van der Waals surface area contributed by atoms with Gasteiger partial charge >= 0.3 is 17.9 Å². The lowest BCUT2D eigenvalue weighted by Gasteiger charge is -2.21. The molecule has 0 bridgehead atoms. The van der Waals surface area contributed by atoms with Crippen LogP contribution in [0.15, 0.2) is 36.5 Å². The van der Waals surface area contributed by atoms with Crippen molar-refractivity contribution in [3.8, 4) is 0 Å². The fraction of sp³-hybridized carbons (Fsp3) is 0.600. The van der Waals surface area contributed by atoms with Crippen LogP contribution < -0.4 is 16.4 Å². The Morgan fingerprint density at radius 3 is 2.19 bits per heavy atom. The number of nitrogens with one attached hydrogen (secondary N) is 2. The third kappa shape index (κ3) is 23.8. The Balaban J connectivity index is 5.36. The van der Waals surface area contributed by atoms with Crippen LogP contribution >= 0.6 is 11.8 Å². The molecule has 43 heavy (non-hydrogen) atoms. The standard InChI is InChI=1S/C30H47N3O9S/c1-2-3-4-5-6-7-8-9-10-15-23(16-11-13-22(34)14-12-17-27(36)37)43-21-25(29(40)32-20-28(38)39)33-26(35)19-18-24(31)30(41)42/h6-7,9-11,13,23-25H,2-5,8,12,14-21,31H2,1H3,(H,32,40)(H,33,35)(H,36,37)(H,38,39)(H,41,42)/b7-6-,10-9-,13-11-/t23-,24?,25?/m1/s1. The lowest BCUT2D eigenvalue weighted by molar-refractivity contribution is -0.139. The number of aliphatic carboxylic acids is 3. The molecule has 0 saturated heterocycles. The molecule has 0 spiro atoms. The van der Waals surface area contributed by atoms with E-state index in [2.05, 4.69) is 29.7 Å². The number of carbonyl (C=O) groups is 6. The highest BCUT2D eigenvalue weighted by Crippen LogP contribution is 2.21. The largest absolute Gasteiger partial charge is 0.481 e. The summed E-state index contributed by atoms with van der Waals surface area (Å²) in [6.07, 6.45) is 17.7. The molecule has 242 valence electrons. The normalized spacial score (nSPS) is 13.6. The average molecular weight is 626 g/mol. The summed E-state index contributed by atoms with van der Waals surface area (Å²) in [5.41, 5.74) is 5.45. The Labute approximate surface area is 257 Å². The Bertz CT molecular complexity index is 982. The molecule has 0 aliphatic rings. The van der Waals surface area contributed by atoms with E-state index in [1.165, 1.54) is 30.7 Å². The van der Waals surface area contributed by atoms with Crippen LogP contribution in [0, 0.1) is 0 Å². The summed E-state index contributed by atoms with van der Waals surface area (Å²) in [4.78, 5) is 69.7. The highest BCUT2D eigenvalue weighted by Gasteiger charge is 2.24. The number of unbranched alkanes of at least 4 members (excludes halogenated alkanes) is 3. The molecule has 12 nitrogen and oxygen atoms in total. The molecule has 0 radical (unpaired) electrons. The summed E-state index contributed by atoms with van der Waals surface area (Å²) in [5.74, 6) is -4.85. The third-order valence-corrected chi connectivity index (χ3v) is 7.44. The number of thioether (sulfide) groups is 1. The van der Waals surface area contributed by atoms with Gasteiger partial charge in [-0.25, -0.2) is 0 Å². The molecule has 0 rings (SSSR count). The van der Waals surface area contributed by atoms with Crippen LogP contribution in [-0.4, -0.2) is 80.5 Å². The van der Waals surface area contributed by atoms with Crippen molar-refractivity contribution in [3.05, 3.63) is 36.5 Å². The van der Waals surface area contributed by atoms with Crippen molar-refractivity contribution in [3.63, 3.8) is 0 Å². The van der Waals surface area contributed by atoms with E-state index in [4.69, 9.17) is 21.1 Å². The number of nitrogens with two attached hydrogens (primary N) is 1. The van der Waals surface area contributed by atoms with Crippen molar-refractivity contribution < 1.29 is 44.1 Å². The summed E-state index contributed by atoms with van der Waals surface area (Å²) < 4.78 is 0. The molecule has 3 atom stereocenters. The smallest absolute Gasteiger partial charge is 0.322 e. The van der Waals surface area contributed by atoms with Crippen LogP contribution in [-0.2, 0) is 28.8 Å². The van der Waals surface area contributed by atoms with Gasteiger partial charge in [-0.05, 0) is 51.0 Å². The van der Waals surface area contributed by atoms with E-state index < -0.39 is 48.4 Å². The number of hydrogen-bond donors (Lipinski definition) is 6. The highest BCUT2D eigenvalue weighted by atomic mass is 32.2. The molecule has 0 aliphatic carbocycles. The summed E-state index contributed by atoms with van der Waals surface area (Å²) in [5, 5.41) is 31.3. The molecular weight excluding hydrogens is 578 g/mol. The summed E-state index contributed by atoms with van der Waals surface area (Å²) >= 11 is 1.36. The molecule has 13 heteroatoms. The second kappa shape index (κ2) is 25.1. The zero-order chi connectivity index (χ0) is 32.5. The molecule has 0 aromatic rings. The molecule has 0 aliphatic heterocycles. The van der Waals surface area contributed by atoms with E-state index in [0.717, 1.165) is 19.3 Å². The van der Waals surface area contributed by atoms with Gasteiger partial charge in [0.2, 0.25) is 11.8 Å². The fourth-order valence-corrected chi connectivity index (χ4v) is 4.80. The second-order valence-corrected chi connectivity index (χ2v) is 11.3. The Morgan fingerprint density at radius 1 is 0.837 bits per heavy atom. The van der Waals surface area contributed by atoms with Crippen LogP contribution in [0.2, 0.25) is 0 Å². The van der Waals surface area contributed by atoms with Crippen molar-refractivity contribution in [1.29, 1.82) is 0 Å². The number of hydrogen-bond acceptors (Lipinski definition) is 8. The minimum Gasteiger partial charge on any atom is -0.481 e. The van der Waals surface area contributed by atoms with Gasteiger partial charge in [0.1, 0.15) is 18.6 Å². The maximum atomic E-state index is 12.7. The Morgan fingerprint density at radius 2 is 1.53 bits per heavy atom. The summed E-state index contributed by atoms with van der Waals surface area (Å²) in [7, 11) is 0. The lowest BCUT2D eigenvalue weighted by atomic mass is 10.1. The van der Waals surface area contributed by atoms with Crippen molar-refractivity contribution >= 4 is 47.3 Å². The van der Waals surface area contributed by atoms with Gasteiger partial charge in [0.15, 0.2) is 5.78 Å². The number of carbonyl (C=O) groups excluding carboxylic acids is 3. The molecule has 0 aromatic heterocycles. The minimum atomic E-state index is -1.25. The zero-order valence-corrected chi connectivity index (χ0v) is 25.7. The molecule has 0 saturated carbocycles. The van der Waals surface area contributed by atoms with Crippen LogP contribution in [0.4, 0.5) is 0 Å². The van der Waals surface area contributed by atoms with Crippen LogP contribution in [0.5, 0.6) is 0 Å². The molecule has 0 fully saturated rings. The fourth-order valence-electron chi connectivity index (χ4n) is 3.61. The maximum Gasteiger partial charge on any atom is 0.322 e. The first kappa shape index (κ1) is 39.5. The minimum absolute atomic E-state index is 0.0881. The van der Waals surface area contributed by atoms with E-state index in [-0.39, 0.29) is 48.9 Å². The van der Waals surface area contributed by atoms with Crippen LogP contribution in [0.25, 0.3) is 0 Å². The number of ketones is 1. The first-order valence-electron chi connectivity index (χ1n) is 14.6. The number of allylic oxidation sites excluding steroid dienone is 6. The Hall–Kier alpha value is -3.45.